The smallest absolute Gasteiger partial charge is 0.319 e. The van der Waals surface area contributed by atoms with Crippen molar-refractivity contribution in [1.29, 1.82) is 0 Å². The van der Waals surface area contributed by atoms with Gasteiger partial charge in [0.1, 0.15) is 5.69 Å². The van der Waals surface area contributed by atoms with Crippen molar-refractivity contribution in [2.45, 2.75) is 31.8 Å². The molecule has 0 unspecified atom stereocenters. The number of pyridine rings is 1. The first kappa shape index (κ1) is 16.3. The molecule has 2 heterocycles. The third-order valence-corrected chi connectivity index (χ3v) is 4.09. The number of aliphatic hydroxyl groups is 1. The second-order valence-electron chi connectivity index (χ2n) is 5.60. The Balaban J connectivity index is 1.70. The van der Waals surface area contributed by atoms with Crippen molar-refractivity contribution in [3.05, 3.63) is 35.8 Å². The maximum atomic E-state index is 12.3. The third-order valence-electron chi connectivity index (χ3n) is 4.09. The van der Waals surface area contributed by atoms with Gasteiger partial charge in [-0.15, -0.1) is 0 Å². The van der Waals surface area contributed by atoms with E-state index in [0.29, 0.717) is 18.1 Å². The lowest BCUT2D eigenvalue weighted by molar-refractivity contribution is 0.246. The van der Waals surface area contributed by atoms with Crippen LogP contribution in [0.15, 0.2) is 24.5 Å². The summed E-state index contributed by atoms with van der Waals surface area (Å²) in [5, 5.41) is 19.2. The Bertz CT molecular complexity index is 715. The first-order chi connectivity index (χ1) is 11.7. The number of nitrogens with one attached hydrogen (secondary N) is 2. The van der Waals surface area contributed by atoms with Crippen molar-refractivity contribution in [2.24, 2.45) is 0 Å². The van der Waals surface area contributed by atoms with E-state index in [1.165, 1.54) is 7.11 Å². The molecule has 0 bridgehead atoms. The van der Waals surface area contributed by atoms with E-state index < -0.39 is 0 Å². The molecule has 3 rings (SSSR count). The Labute approximate surface area is 139 Å². The van der Waals surface area contributed by atoms with Gasteiger partial charge in [0.25, 0.3) is 0 Å². The fraction of sp³-hybridized carbons (Fsp3) is 0.438. The zero-order valence-electron chi connectivity index (χ0n) is 13.5. The van der Waals surface area contributed by atoms with Gasteiger partial charge in [-0.3, -0.25) is 4.68 Å². The number of nitrogens with zero attached hydrogens (tertiary/aromatic N) is 3. The molecule has 3 N–H and O–H groups in total. The Morgan fingerprint density at radius 3 is 3.21 bits per heavy atom. The van der Waals surface area contributed by atoms with E-state index in [4.69, 9.17) is 9.84 Å². The van der Waals surface area contributed by atoms with Crippen LogP contribution in [0.3, 0.4) is 0 Å². The van der Waals surface area contributed by atoms with Crippen LogP contribution in [0.25, 0.3) is 0 Å². The van der Waals surface area contributed by atoms with Gasteiger partial charge in [-0.1, -0.05) is 0 Å². The lowest BCUT2D eigenvalue weighted by Crippen LogP contribution is -2.34. The maximum absolute atomic E-state index is 12.3. The first-order valence-corrected chi connectivity index (χ1v) is 7.95. The monoisotopic (exact) mass is 331 g/mol. The largest absolute Gasteiger partial charge is 0.480 e. The highest BCUT2D eigenvalue weighted by atomic mass is 16.5. The predicted molar refractivity (Wildman–Crippen MR) is 87.9 cm³/mol. The summed E-state index contributed by atoms with van der Waals surface area (Å²) in [6.45, 7) is 0.522. The summed E-state index contributed by atoms with van der Waals surface area (Å²) < 4.78 is 6.94. The number of ether oxygens (including phenoxy) is 1. The van der Waals surface area contributed by atoms with E-state index in [2.05, 4.69) is 20.7 Å². The summed E-state index contributed by atoms with van der Waals surface area (Å²) in [5.74, 6) is 0.368. The van der Waals surface area contributed by atoms with Gasteiger partial charge in [-0.25, -0.2) is 9.78 Å². The van der Waals surface area contributed by atoms with Gasteiger partial charge in [0.05, 0.1) is 32.5 Å². The van der Waals surface area contributed by atoms with Crippen LogP contribution in [0.2, 0.25) is 0 Å². The molecule has 1 aliphatic rings. The molecule has 0 aromatic carbocycles. The van der Waals surface area contributed by atoms with Gasteiger partial charge in [-0.2, -0.15) is 5.10 Å². The first-order valence-electron chi connectivity index (χ1n) is 7.95. The van der Waals surface area contributed by atoms with Gasteiger partial charge in [0.15, 0.2) is 0 Å². The molecule has 8 heteroatoms. The fourth-order valence-electron chi connectivity index (χ4n) is 3.02. The molecule has 0 saturated carbocycles. The van der Waals surface area contributed by atoms with Gasteiger partial charge < -0.3 is 20.5 Å². The molecule has 0 radical (unpaired) electrons. The van der Waals surface area contributed by atoms with Crippen LogP contribution in [-0.2, 0) is 13.0 Å². The van der Waals surface area contributed by atoms with Crippen LogP contribution in [-0.4, -0.2) is 39.6 Å². The van der Waals surface area contributed by atoms with Crippen molar-refractivity contribution >= 4 is 11.7 Å². The van der Waals surface area contributed by atoms with E-state index >= 15 is 0 Å². The van der Waals surface area contributed by atoms with Gasteiger partial charge >= 0.3 is 6.03 Å². The number of carbonyl (C=O) groups excluding carboxylic acids is 1. The van der Waals surface area contributed by atoms with Crippen LogP contribution >= 0.6 is 0 Å². The summed E-state index contributed by atoms with van der Waals surface area (Å²) in [6.07, 6.45) is 6.11. The van der Waals surface area contributed by atoms with Crippen molar-refractivity contribution in [1.82, 2.24) is 20.1 Å². The molecule has 1 atom stereocenters. The van der Waals surface area contributed by atoms with Crippen molar-refractivity contribution in [3.8, 4) is 5.88 Å². The van der Waals surface area contributed by atoms with Gasteiger partial charge in [-0.05, 0) is 31.4 Å². The van der Waals surface area contributed by atoms with Crippen LogP contribution in [0.4, 0.5) is 10.5 Å². The molecule has 24 heavy (non-hydrogen) atoms. The van der Waals surface area contributed by atoms with E-state index in [-0.39, 0.29) is 18.7 Å². The fourth-order valence-corrected chi connectivity index (χ4v) is 3.02. The number of carbonyl (C=O) groups is 1. The Hall–Kier alpha value is -2.61. The molecule has 0 saturated heterocycles. The summed E-state index contributed by atoms with van der Waals surface area (Å²) in [7, 11) is 1.51. The van der Waals surface area contributed by atoms with E-state index in [9.17, 15) is 4.79 Å². The molecule has 0 spiro atoms. The van der Waals surface area contributed by atoms with Gasteiger partial charge in [0, 0.05) is 17.5 Å². The number of aliphatic hydroxyl groups excluding tert-OH is 1. The normalized spacial score (nSPS) is 16.3. The van der Waals surface area contributed by atoms with Gasteiger partial charge in [0.2, 0.25) is 5.88 Å². The minimum atomic E-state index is -0.311. The maximum Gasteiger partial charge on any atom is 0.319 e. The van der Waals surface area contributed by atoms with Crippen LogP contribution < -0.4 is 15.4 Å². The predicted octanol–water partition coefficient (Wildman–Crippen LogP) is 1.48. The van der Waals surface area contributed by atoms with Crippen molar-refractivity contribution < 1.29 is 14.6 Å². The average Bonchev–Trinajstić information content (AvgIpc) is 3.00. The Morgan fingerprint density at radius 2 is 2.42 bits per heavy atom. The number of rotatable bonds is 5. The number of hydrogen-bond acceptors (Lipinski definition) is 5. The number of hydrogen-bond donors (Lipinski definition) is 3. The number of aromatic nitrogens is 3. The topological polar surface area (TPSA) is 101 Å². The molecule has 1 aliphatic carbocycles. The van der Waals surface area contributed by atoms with E-state index in [0.717, 1.165) is 30.5 Å². The minimum absolute atomic E-state index is 0.0491. The molecule has 2 aromatic rings. The molecule has 8 nitrogen and oxygen atoms in total. The van der Waals surface area contributed by atoms with E-state index in [1.54, 1.807) is 24.5 Å². The Kier molecular flexibility index (Phi) is 4.95. The quantitative estimate of drug-likeness (QED) is 0.770. The summed E-state index contributed by atoms with van der Waals surface area (Å²) in [6, 6.07) is 3.06. The standard InChI is InChI=1S/C16H21N5O3/c1-24-15-13(5-3-7-17-15)20-16(23)19-12-4-2-6-14-11(12)10-18-21(14)8-9-22/h3,5,7,10,12,22H,2,4,6,8-9H2,1H3,(H2,19,20,23)/t12-/m1/s1. The lowest BCUT2D eigenvalue weighted by Gasteiger charge is -2.24. The molecule has 2 aromatic heterocycles. The number of fused-ring (bicyclic) bond motifs is 1. The highest BCUT2D eigenvalue weighted by Crippen LogP contribution is 2.30. The lowest BCUT2D eigenvalue weighted by atomic mass is 9.93. The zero-order valence-corrected chi connectivity index (χ0v) is 13.5. The third kappa shape index (κ3) is 3.33. The number of amides is 2. The minimum Gasteiger partial charge on any atom is -0.480 e. The van der Waals surface area contributed by atoms with E-state index in [1.807, 2.05) is 4.68 Å². The van der Waals surface area contributed by atoms with Crippen molar-refractivity contribution in [2.75, 3.05) is 19.0 Å². The second-order valence-corrected chi connectivity index (χ2v) is 5.60. The van der Waals surface area contributed by atoms with Crippen molar-refractivity contribution in [3.63, 3.8) is 0 Å². The molecular formula is C16H21N5O3. The highest BCUT2D eigenvalue weighted by molar-refractivity contribution is 5.90. The average molecular weight is 331 g/mol. The molecule has 2 amide bonds. The van der Waals surface area contributed by atoms with Crippen LogP contribution in [0, 0.1) is 0 Å². The summed E-state index contributed by atoms with van der Waals surface area (Å²) >= 11 is 0. The SMILES string of the molecule is COc1ncccc1NC(=O)N[C@@H]1CCCc2c1cnn2CCO. The number of methoxy groups -OCH3 is 1. The molecule has 0 fully saturated rings. The summed E-state index contributed by atoms with van der Waals surface area (Å²) in [5.41, 5.74) is 2.62. The second kappa shape index (κ2) is 7.31. The highest BCUT2D eigenvalue weighted by Gasteiger charge is 2.25. The zero-order chi connectivity index (χ0) is 16.9. The Morgan fingerprint density at radius 1 is 1.54 bits per heavy atom. The molecular weight excluding hydrogens is 310 g/mol. The number of anilines is 1. The molecule has 0 aliphatic heterocycles. The van der Waals surface area contributed by atoms with Crippen LogP contribution in [0.5, 0.6) is 5.88 Å². The molecule has 128 valence electrons. The number of urea groups is 1. The summed E-state index contributed by atoms with van der Waals surface area (Å²) in [4.78, 5) is 16.4. The van der Waals surface area contributed by atoms with Crippen LogP contribution in [0.1, 0.15) is 30.1 Å².